The summed E-state index contributed by atoms with van der Waals surface area (Å²) in [6.45, 7) is 10.2. The molecule has 2 fully saturated rings. The van der Waals surface area contributed by atoms with Gasteiger partial charge in [-0.3, -0.25) is 33.6 Å². The van der Waals surface area contributed by atoms with Gasteiger partial charge in [0.2, 0.25) is 23.1 Å². The highest BCUT2D eigenvalue weighted by molar-refractivity contribution is 8.03. The zero-order chi connectivity index (χ0) is 73.5. The number of nitrogens with zero attached hydrogens (tertiary/aromatic N) is 7. The van der Waals surface area contributed by atoms with E-state index in [-0.39, 0.29) is 76.6 Å². The molecule has 3 unspecified atom stereocenters. The molecule has 5 aliphatic heterocycles. The van der Waals surface area contributed by atoms with Gasteiger partial charge in [0.1, 0.15) is 72.4 Å². The van der Waals surface area contributed by atoms with Crippen LogP contribution in [-0.2, 0) is 43.1 Å². The smallest absolute Gasteiger partial charge is 0.410 e. The Morgan fingerprint density at radius 1 is 0.712 bits per heavy atom. The maximum absolute atomic E-state index is 14.7. The summed E-state index contributed by atoms with van der Waals surface area (Å²) < 4.78 is 31.5. The lowest BCUT2D eigenvalue weighted by atomic mass is 9.90. The fourth-order valence-electron chi connectivity index (χ4n) is 12.9. The van der Waals surface area contributed by atoms with Crippen molar-refractivity contribution in [1.82, 2.24) is 40.2 Å². The molecule has 7 aliphatic rings. The van der Waals surface area contributed by atoms with Gasteiger partial charge in [0, 0.05) is 119 Å². The first-order valence-electron chi connectivity index (χ1n) is 33.4. The summed E-state index contributed by atoms with van der Waals surface area (Å²) in [5.41, 5.74) is 6.22. The lowest BCUT2D eigenvalue weighted by Gasteiger charge is -2.51. The lowest BCUT2D eigenvalue weighted by Crippen LogP contribution is -2.74. The number of rotatable bonds is 24. The van der Waals surface area contributed by atoms with Crippen LogP contribution in [0.25, 0.3) is 66.8 Å². The summed E-state index contributed by atoms with van der Waals surface area (Å²) in [7, 11) is 2.45. The number of carbonyl (C=O) groups excluding carboxylic acids is 8. The predicted octanol–water partition coefficient (Wildman–Crippen LogP) is 6.92. The number of amides is 7. The van der Waals surface area contributed by atoms with Gasteiger partial charge in [-0.2, -0.15) is 0 Å². The Kier molecular flexibility index (Phi) is 21.8. The third kappa shape index (κ3) is 14.9. The number of benzene rings is 6. The molecule has 0 radical (unpaired) electrons. The van der Waals surface area contributed by atoms with Crippen molar-refractivity contribution in [2.75, 3.05) is 103 Å². The van der Waals surface area contributed by atoms with E-state index < -0.39 is 97.0 Å². The standard InChI is InChI=1S/C74H71N11O17S2/c1-7-81(8-2)42-19-23-50-55(31-42)101-56-32-43(82(9-3)10-4)20-24-51(56)62(50)46-15-11-13-17-48(46)68(91)83-27-29-84(30-28-83)74(96)100-37-41-39-103-70-65(69(92)85(70)66(41)71(93)94)79-67(90)64(80-98-6)54-40-104-73(77-54)78-60(88)36-75-59(87)35-76-61(89)38-99-45-22-26-53-58(34-45)102-57-33-44(86)21-25-52(57)63(53)47-16-12-14-18-49(47)72(95)97-5/h11-26,31-34,39-40,65-66,70H,7-10,27-30,35-38H2,1-6H3,(H4-,75,76,77,78,79,87,88,89,90,93,94)/p+1/b80-64-. The number of hydrogen-bond acceptors (Lipinski definition) is 21. The molecule has 5 N–H and O–H groups in total. The number of methoxy groups -OCH3 is 1. The third-order valence-electron chi connectivity index (χ3n) is 18.1. The number of oxime groups is 1. The number of thioether (sulfide) groups is 1. The number of piperazine rings is 1. The normalized spacial score (nSPS) is 15.7. The van der Waals surface area contributed by atoms with Gasteiger partial charge in [-0.25, -0.2) is 23.9 Å². The molecule has 2 aliphatic carbocycles. The monoisotopic (exact) mass is 1450 g/mol. The van der Waals surface area contributed by atoms with Gasteiger partial charge in [-0.1, -0.05) is 41.6 Å². The van der Waals surface area contributed by atoms with Gasteiger partial charge >= 0.3 is 18.0 Å². The molecule has 28 nitrogen and oxygen atoms in total. The molecule has 1 aromatic heterocycles. The maximum Gasteiger partial charge on any atom is 0.410 e. The van der Waals surface area contributed by atoms with Crippen molar-refractivity contribution in [1.29, 1.82) is 0 Å². The van der Waals surface area contributed by atoms with Gasteiger partial charge in [-0.05, 0) is 98.8 Å². The Bertz CT molecular complexity index is 5030. The summed E-state index contributed by atoms with van der Waals surface area (Å²) in [6.07, 6.45) is -0.744. The molecule has 6 heterocycles. The molecule has 12 rings (SSSR count). The average Bonchev–Trinajstić information content (AvgIpc) is 0.765. The minimum absolute atomic E-state index is 0.0162. The van der Waals surface area contributed by atoms with E-state index in [2.05, 4.69) is 105 Å². The van der Waals surface area contributed by atoms with E-state index in [1.54, 1.807) is 47.4 Å². The number of hydrogen-bond donors (Lipinski definition) is 5. The number of esters is 1. The largest absolute Gasteiger partial charge is 0.484 e. The number of thiazole rings is 1. The summed E-state index contributed by atoms with van der Waals surface area (Å²) in [6, 6.07) is 33.0. The van der Waals surface area contributed by atoms with E-state index in [1.807, 2.05) is 24.3 Å². The van der Waals surface area contributed by atoms with Crippen molar-refractivity contribution in [2.45, 2.75) is 45.2 Å². The molecule has 0 saturated carbocycles. The van der Waals surface area contributed by atoms with Crippen LogP contribution in [0.2, 0.25) is 0 Å². The van der Waals surface area contributed by atoms with Crippen molar-refractivity contribution in [2.24, 2.45) is 5.16 Å². The number of aromatic nitrogens is 1. The zero-order valence-electron chi connectivity index (χ0n) is 57.3. The molecule has 536 valence electrons. The molecule has 3 atom stereocenters. The van der Waals surface area contributed by atoms with Crippen LogP contribution in [0.4, 0.5) is 15.6 Å². The minimum Gasteiger partial charge on any atom is -0.484 e. The van der Waals surface area contributed by atoms with Crippen LogP contribution >= 0.6 is 23.1 Å². The van der Waals surface area contributed by atoms with Crippen LogP contribution in [-0.4, -0.2) is 194 Å². The summed E-state index contributed by atoms with van der Waals surface area (Å²) in [5, 5.41) is 28.5. The van der Waals surface area contributed by atoms with Gasteiger partial charge in [0.05, 0.1) is 31.8 Å². The molecular formula is C74H72N11O17S2+. The van der Waals surface area contributed by atoms with E-state index in [9.17, 15) is 53.1 Å². The second kappa shape index (κ2) is 31.5. The topological polar surface area (TPSA) is 343 Å². The second-order valence-corrected chi connectivity index (χ2v) is 25.9. The Balaban J connectivity index is 0.610. The SMILES string of the molecule is CCN(CC)c1ccc2c(-c3ccccc3C(=O)N3CCN(C(=O)OCC4=CSC5C(NC(=O)/C(=N\OC)c6csc(NC(=O)CNC(=O)CNC(=O)COc7ccc8c(-c9ccccc9C(=O)OC)c9ccc(=O)cc-9oc8c7)n6)C(=O)N5C4C(=O)O)CC3)c3ccc(=[N+](CC)CC)cc-3oc2c1. The molecule has 4 aromatic carbocycles. The molecule has 7 amide bonds. The maximum atomic E-state index is 14.7. The molecule has 0 spiro atoms. The molecule has 5 aromatic rings. The van der Waals surface area contributed by atoms with Crippen molar-refractivity contribution in [3.63, 3.8) is 0 Å². The van der Waals surface area contributed by atoms with E-state index >= 15 is 0 Å². The average molecular weight is 1450 g/mol. The molecule has 0 bridgehead atoms. The number of carboxylic acid groups (broad SMARTS) is 1. The van der Waals surface area contributed by atoms with E-state index in [0.717, 1.165) is 87.3 Å². The molecule has 2 saturated heterocycles. The van der Waals surface area contributed by atoms with Crippen LogP contribution in [0.5, 0.6) is 5.75 Å². The highest BCUT2D eigenvalue weighted by atomic mass is 32.2. The van der Waals surface area contributed by atoms with Crippen LogP contribution in [0.1, 0.15) is 54.1 Å². The highest BCUT2D eigenvalue weighted by Crippen LogP contribution is 2.45. The first-order valence-corrected chi connectivity index (χ1v) is 35.2. The van der Waals surface area contributed by atoms with Crippen LogP contribution < -0.4 is 46.3 Å². The molecule has 104 heavy (non-hydrogen) atoms. The molecular weight excluding hydrogens is 1380 g/mol. The van der Waals surface area contributed by atoms with E-state index in [0.29, 0.717) is 39.0 Å². The third-order valence-corrected chi connectivity index (χ3v) is 20.0. The van der Waals surface area contributed by atoms with Gasteiger partial charge in [0.25, 0.3) is 17.7 Å². The number of ether oxygens (including phenoxy) is 3. The second-order valence-electron chi connectivity index (χ2n) is 24.1. The summed E-state index contributed by atoms with van der Waals surface area (Å²) in [5.74, 6) is -4.87. The summed E-state index contributed by atoms with van der Waals surface area (Å²) >= 11 is 1.93. The van der Waals surface area contributed by atoms with Crippen LogP contribution in [0, 0.1) is 0 Å². The number of fused-ring (bicyclic) bond motifs is 5. The lowest BCUT2D eigenvalue weighted by molar-refractivity contribution is -0.160. The number of aliphatic carboxylic acids is 1. The highest BCUT2D eigenvalue weighted by Gasteiger charge is 2.56. The van der Waals surface area contributed by atoms with Crippen molar-refractivity contribution in [3.8, 4) is 50.7 Å². The summed E-state index contributed by atoms with van der Waals surface area (Å²) in [4.78, 5) is 148. The van der Waals surface area contributed by atoms with Crippen LogP contribution in [0.3, 0.4) is 0 Å². The van der Waals surface area contributed by atoms with Gasteiger partial charge in [0.15, 0.2) is 28.9 Å². The number of anilines is 2. The van der Waals surface area contributed by atoms with Crippen molar-refractivity contribution >= 4 is 115 Å². The van der Waals surface area contributed by atoms with Crippen molar-refractivity contribution in [3.05, 3.63) is 170 Å². The molecule has 30 heteroatoms. The fraction of sp³-hybridized carbons (Fsp3) is 0.284. The minimum atomic E-state index is -1.55. The number of carboxylic acids is 1. The Morgan fingerprint density at radius 3 is 2.03 bits per heavy atom. The van der Waals surface area contributed by atoms with E-state index in [4.69, 9.17) is 27.9 Å². The number of carbonyl (C=O) groups is 9. The number of nitrogens with one attached hydrogen (secondary N) is 4. The van der Waals surface area contributed by atoms with Crippen LogP contribution in [0.15, 0.2) is 156 Å². The predicted molar refractivity (Wildman–Crippen MR) is 388 cm³/mol. The van der Waals surface area contributed by atoms with Crippen molar-refractivity contribution < 1.29 is 76.1 Å². The van der Waals surface area contributed by atoms with E-state index in [1.165, 1.54) is 48.1 Å². The fourth-order valence-corrected chi connectivity index (χ4v) is 14.8. The van der Waals surface area contributed by atoms with Gasteiger partial charge in [-0.15, -0.1) is 23.1 Å². The quantitative estimate of drug-likeness (QED) is 0.0102. The first-order chi connectivity index (χ1) is 50.3. The first kappa shape index (κ1) is 71.9. The Morgan fingerprint density at radius 2 is 1.35 bits per heavy atom. The zero-order valence-corrected chi connectivity index (χ0v) is 59.0. The Labute approximate surface area is 602 Å². The Hall–Kier alpha value is -11.9. The number of β-lactam (4-membered cyclic amide) rings is 1. The van der Waals surface area contributed by atoms with Gasteiger partial charge < -0.3 is 73.9 Å².